The van der Waals surface area contributed by atoms with E-state index in [1.165, 1.54) is 24.3 Å². The Hall–Kier alpha value is -1.71. The second-order valence-electron chi connectivity index (χ2n) is 6.47. The van der Waals surface area contributed by atoms with E-state index in [0.29, 0.717) is 23.0 Å². The molecule has 0 heterocycles. The number of amides is 1. The molecule has 0 fully saturated rings. The topological polar surface area (TPSA) is 99.3 Å². The molecule has 1 aromatic carbocycles. The van der Waals surface area contributed by atoms with Gasteiger partial charge >= 0.3 is 0 Å². The van der Waals surface area contributed by atoms with E-state index in [0.717, 1.165) is 13.0 Å². The third-order valence-electron chi connectivity index (χ3n) is 3.69. The van der Waals surface area contributed by atoms with Crippen LogP contribution in [0.3, 0.4) is 0 Å². The third-order valence-corrected chi connectivity index (χ3v) is 5.54. The van der Waals surface area contributed by atoms with Crippen LogP contribution in [0.2, 0.25) is 0 Å². The summed E-state index contributed by atoms with van der Waals surface area (Å²) in [6.07, 6.45) is 1.66. The first-order chi connectivity index (χ1) is 12.2. The van der Waals surface area contributed by atoms with Gasteiger partial charge in [0.15, 0.2) is 5.11 Å². The standard InChI is InChI=1S/C17H28N4O3S2/c1-5-13(4)21-26(23,24)15-8-6-14(7-9-15)16(22)19-20-17(25)18-11-10-12(2)3/h6-9,12-13,21H,5,10-11H2,1-4H3,(H,19,22)(H2,18,20,25)/t13-/m1/s1. The Morgan fingerprint density at radius 1 is 1.12 bits per heavy atom. The van der Waals surface area contributed by atoms with E-state index in [4.69, 9.17) is 12.2 Å². The molecule has 1 amide bonds. The molecule has 0 aliphatic rings. The van der Waals surface area contributed by atoms with Crippen LogP contribution in [0.1, 0.15) is 50.9 Å². The Morgan fingerprint density at radius 3 is 2.27 bits per heavy atom. The minimum absolute atomic E-state index is 0.119. The number of thiocarbonyl (C=S) groups is 1. The van der Waals surface area contributed by atoms with E-state index in [1.807, 2.05) is 6.92 Å². The van der Waals surface area contributed by atoms with E-state index < -0.39 is 15.9 Å². The summed E-state index contributed by atoms with van der Waals surface area (Å²) in [7, 11) is -3.59. The van der Waals surface area contributed by atoms with Crippen LogP contribution in [0, 0.1) is 5.92 Å². The molecule has 1 atom stereocenters. The summed E-state index contributed by atoms with van der Waals surface area (Å²) in [6, 6.07) is 5.56. The maximum atomic E-state index is 12.2. The van der Waals surface area contributed by atoms with Crippen LogP contribution in [-0.4, -0.2) is 32.0 Å². The SMILES string of the molecule is CC[C@@H](C)NS(=O)(=O)c1ccc(C(=O)NNC(=S)NCCC(C)C)cc1. The molecule has 0 radical (unpaired) electrons. The highest BCUT2D eigenvalue weighted by Crippen LogP contribution is 2.11. The van der Waals surface area contributed by atoms with Gasteiger partial charge in [-0.05, 0) is 62.2 Å². The largest absolute Gasteiger partial charge is 0.361 e. The predicted molar refractivity (Wildman–Crippen MR) is 107 cm³/mol. The Bertz CT molecular complexity index is 703. The van der Waals surface area contributed by atoms with Crippen LogP contribution in [0.25, 0.3) is 0 Å². The van der Waals surface area contributed by atoms with Gasteiger partial charge in [0.1, 0.15) is 0 Å². The summed E-state index contributed by atoms with van der Waals surface area (Å²) in [5.41, 5.74) is 5.43. The fraction of sp³-hybridized carbons (Fsp3) is 0.529. The van der Waals surface area contributed by atoms with Crippen LogP contribution in [0.5, 0.6) is 0 Å². The van der Waals surface area contributed by atoms with Crippen molar-refractivity contribution >= 4 is 33.3 Å². The van der Waals surface area contributed by atoms with E-state index in [9.17, 15) is 13.2 Å². The molecule has 0 saturated heterocycles. The van der Waals surface area contributed by atoms with Gasteiger partial charge in [0.2, 0.25) is 10.0 Å². The van der Waals surface area contributed by atoms with Crippen LogP contribution >= 0.6 is 12.2 Å². The molecule has 4 N–H and O–H groups in total. The lowest BCUT2D eigenvalue weighted by Gasteiger charge is -2.13. The van der Waals surface area contributed by atoms with Gasteiger partial charge in [-0.1, -0.05) is 20.8 Å². The van der Waals surface area contributed by atoms with E-state index in [2.05, 4.69) is 34.7 Å². The number of hydrazine groups is 1. The van der Waals surface area contributed by atoms with Crippen molar-refractivity contribution in [2.24, 2.45) is 5.92 Å². The van der Waals surface area contributed by atoms with Crippen LogP contribution in [0.4, 0.5) is 0 Å². The summed E-state index contributed by atoms with van der Waals surface area (Å²) in [6.45, 7) is 8.64. The van der Waals surface area contributed by atoms with Crippen LogP contribution in [-0.2, 0) is 10.0 Å². The Morgan fingerprint density at radius 2 is 1.73 bits per heavy atom. The summed E-state index contributed by atoms with van der Waals surface area (Å²) < 4.78 is 27.0. The molecule has 7 nitrogen and oxygen atoms in total. The monoisotopic (exact) mass is 400 g/mol. The maximum absolute atomic E-state index is 12.2. The molecule has 9 heteroatoms. The summed E-state index contributed by atoms with van der Waals surface area (Å²) in [5.74, 6) is 0.154. The second kappa shape index (κ2) is 10.4. The zero-order valence-electron chi connectivity index (χ0n) is 15.6. The quantitative estimate of drug-likeness (QED) is 0.393. The van der Waals surface area contributed by atoms with E-state index >= 15 is 0 Å². The van der Waals surface area contributed by atoms with Crippen molar-refractivity contribution in [1.82, 2.24) is 20.9 Å². The van der Waals surface area contributed by atoms with Crippen molar-refractivity contribution in [3.63, 3.8) is 0 Å². The first-order valence-electron chi connectivity index (χ1n) is 8.62. The van der Waals surface area contributed by atoms with Crippen molar-refractivity contribution in [3.05, 3.63) is 29.8 Å². The molecule has 1 aromatic rings. The first-order valence-corrected chi connectivity index (χ1v) is 10.5. The van der Waals surface area contributed by atoms with Gasteiger partial charge < -0.3 is 5.32 Å². The van der Waals surface area contributed by atoms with Crippen molar-refractivity contribution in [2.45, 2.75) is 51.5 Å². The molecule has 0 aromatic heterocycles. The molecular weight excluding hydrogens is 372 g/mol. The number of sulfonamides is 1. The lowest BCUT2D eigenvalue weighted by Crippen LogP contribution is -2.47. The average Bonchev–Trinajstić information content (AvgIpc) is 2.59. The van der Waals surface area contributed by atoms with Crippen molar-refractivity contribution < 1.29 is 13.2 Å². The molecule has 0 unspecified atom stereocenters. The lowest BCUT2D eigenvalue weighted by atomic mass is 10.1. The average molecular weight is 401 g/mol. The van der Waals surface area contributed by atoms with Gasteiger partial charge in [-0.15, -0.1) is 0 Å². The molecule has 0 spiro atoms. The predicted octanol–water partition coefficient (Wildman–Crippen LogP) is 1.92. The maximum Gasteiger partial charge on any atom is 0.269 e. The highest BCUT2D eigenvalue weighted by molar-refractivity contribution is 7.89. The zero-order chi connectivity index (χ0) is 19.7. The molecule has 0 saturated carbocycles. The number of nitrogens with one attached hydrogen (secondary N) is 4. The fourth-order valence-electron chi connectivity index (χ4n) is 1.91. The highest BCUT2D eigenvalue weighted by Gasteiger charge is 2.17. The number of hydrogen-bond acceptors (Lipinski definition) is 4. The molecule has 26 heavy (non-hydrogen) atoms. The molecule has 0 aliphatic carbocycles. The first kappa shape index (κ1) is 22.3. The van der Waals surface area contributed by atoms with Gasteiger partial charge in [-0.25, -0.2) is 13.1 Å². The number of carbonyl (C=O) groups excluding carboxylic acids is 1. The zero-order valence-corrected chi connectivity index (χ0v) is 17.3. The van der Waals surface area contributed by atoms with Crippen LogP contribution in [0.15, 0.2) is 29.2 Å². The normalized spacial score (nSPS) is 12.5. The van der Waals surface area contributed by atoms with Gasteiger partial charge in [0, 0.05) is 18.2 Å². The highest BCUT2D eigenvalue weighted by atomic mass is 32.2. The van der Waals surface area contributed by atoms with Gasteiger partial charge in [0.25, 0.3) is 5.91 Å². The molecule has 0 bridgehead atoms. The van der Waals surface area contributed by atoms with Gasteiger partial charge in [0.05, 0.1) is 4.90 Å². The van der Waals surface area contributed by atoms with Gasteiger partial charge in [-0.2, -0.15) is 0 Å². The Kier molecular flexibility index (Phi) is 8.97. The summed E-state index contributed by atoms with van der Waals surface area (Å²) in [5, 5.41) is 3.32. The smallest absolute Gasteiger partial charge is 0.269 e. The van der Waals surface area contributed by atoms with E-state index in [1.54, 1.807) is 6.92 Å². The summed E-state index contributed by atoms with van der Waals surface area (Å²) >= 11 is 5.07. The Labute approximate surface area is 161 Å². The second-order valence-corrected chi connectivity index (χ2v) is 8.59. The number of rotatable bonds is 8. The van der Waals surface area contributed by atoms with E-state index in [-0.39, 0.29) is 10.9 Å². The van der Waals surface area contributed by atoms with Gasteiger partial charge in [-0.3, -0.25) is 15.6 Å². The van der Waals surface area contributed by atoms with Crippen molar-refractivity contribution in [2.75, 3.05) is 6.54 Å². The number of hydrogen-bond donors (Lipinski definition) is 4. The molecule has 1 rings (SSSR count). The fourth-order valence-corrected chi connectivity index (χ4v) is 3.39. The lowest BCUT2D eigenvalue weighted by molar-refractivity contribution is 0.0943. The molecular formula is C17H28N4O3S2. The Balaban J connectivity index is 2.57. The van der Waals surface area contributed by atoms with Crippen molar-refractivity contribution in [3.8, 4) is 0 Å². The minimum atomic E-state index is -3.59. The minimum Gasteiger partial charge on any atom is -0.361 e. The molecule has 0 aliphatic heterocycles. The van der Waals surface area contributed by atoms with Crippen molar-refractivity contribution in [1.29, 1.82) is 0 Å². The summed E-state index contributed by atoms with van der Waals surface area (Å²) in [4.78, 5) is 12.2. The third kappa shape index (κ3) is 7.67. The number of benzene rings is 1. The molecule has 146 valence electrons. The van der Waals surface area contributed by atoms with Crippen LogP contribution < -0.4 is 20.9 Å². The number of carbonyl (C=O) groups is 1.